The number of hydrogen-bond acceptors (Lipinski definition) is 6. The summed E-state index contributed by atoms with van der Waals surface area (Å²) in [5.74, 6) is 0.269. The van der Waals surface area contributed by atoms with Gasteiger partial charge in [0.25, 0.3) is 0 Å². The summed E-state index contributed by atoms with van der Waals surface area (Å²) in [5.41, 5.74) is 0.587. The molecule has 4 nitrogen and oxygen atoms in total. The van der Waals surface area contributed by atoms with E-state index in [-0.39, 0.29) is 6.61 Å². The van der Waals surface area contributed by atoms with E-state index in [1.54, 1.807) is 34.8 Å². The average molecular weight is 396 g/mol. The summed E-state index contributed by atoms with van der Waals surface area (Å²) in [7, 11) is 0. The molecule has 0 aliphatic rings. The normalized spacial score (nSPS) is 11.1. The van der Waals surface area contributed by atoms with Crippen LogP contribution in [0.15, 0.2) is 50.1 Å². The molecular weight excluding hydrogens is 386 g/mol. The van der Waals surface area contributed by atoms with Crippen LogP contribution in [0, 0.1) is 0 Å². The molecule has 0 N–H and O–H groups in total. The fourth-order valence-electron chi connectivity index (χ4n) is 1.68. The standard InChI is InChI=1S/C15H10BrNO3S2/c16-14-5-3-11(22-14)4-6-15(18)19-9-10-8-12(20-17-10)13-2-1-7-21-13/h1-8H,9H2/b6-4+. The molecule has 0 atom stereocenters. The van der Waals surface area contributed by atoms with E-state index in [9.17, 15) is 4.79 Å². The first-order valence-electron chi connectivity index (χ1n) is 6.30. The molecule has 3 aromatic rings. The second kappa shape index (κ2) is 7.04. The van der Waals surface area contributed by atoms with Gasteiger partial charge >= 0.3 is 5.97 Å². The van der Waals surface area contributed by atoms with Gasteiger partial charge < -0.3 is 9.26 Å². The van der Waals surface area contributed by atoms with Crippen LogP contribution in [0.2, 0.25) is 0 Å². The van der Waals surface area contributed by atoms with Crippen LogP contribution >= 0.6 is 38.6 Å². The van der Waals surface area contributed by atoms with E-state index >= 15 is 0 Å². The molecule has 0 unspecified atom stereocenters. The minimum Gasteiger partial charge on any atom is -0.456 e. The lowest BCUT2D eigenvalue weighted by atomic mass is 10.3. The molecule has 0 aromatic carbocycles. The zero-order chi connectivity index (χ0) is 15.4. The zero-order valence-electron chi connectivity index (χ0n) is 11.2. The van der Waals surface area contributed by atoms with Crippen LogP contribution in [-0.4, -0.2) is 11.1 Å². The Morgan fingerprint density at radius 1 is 1.41 bits per heavy atom. The molecule has 22 heavy (non-hydrogen) atoms. The van der Waals surface area contributed by atoms with Crippen molar-refractivity contribution in [1.29, 1.82) is 0 Å². The number of thiophene rings is 2. The Hall–Kier alpha value is -1.70. The van der Waals surface area contributed by atoms with Crippen molar-refractivity contribution in [3.05, 3.63) is 56.1 Å². The summed E-state index contributed by atoms with van der Waals surface area (Å²) in [5, 5.41) is 5.86. The number of carbonyl (C=O) groups excluding carboxylic acids is 1. The first-order chi connectivity index (χ1) is 10.7. The highest BCUT2D eigenvalue weighted by atomic mass is 79.9. The van der Waals surface area contributed by atoms with Crippen LogP contribution in [0.1, 0.15) is 10.6 Å². The molecule has 0 radical (unpaired) electrons. The van der Waals surface area contributed by atoms with Crippen molar-refractivity contribution in [2.45, 2.75) is 6.61 Å². The van der Waals surface area contributed by atoms with E-state index < -0.39 is 5.97 Å². The van der Waals surface area contributed by atoms with Gasteiger partial charge in [0.15, 0.2) is 5.76 Å². The van der Waals surface area contributed by atoms with Crippen LogP contribution in [0.3, 0.4) is 0 Å². The summed E-state index contributed by atoms with van der Waals surface area (Å²) in [6.07, 6.45) is 3.12. The fraction of sp³-hybridized carbons (Fsp3) is 0.0667. The maximum Gasteiger partial charge on any atom is 0.331 e. The van der Waals surface area contributed by atoms with Gasteiger partial charge in [-0.1, -0.05) is 11.2 Å². The van der Waals surface area contributed by atoms with E-state index in [2.05, 4.69) is 21.1 Å². The Balaban J connectivity index is 1.54. The lowest BCUT2D eigenvalue weighted by molar-refractivity contribution is -0.139. The second-order valence-electron chi connectivity index (χ2n) is 4.24. The van der Waals surface area contributed by atoms with Gasteiger partial charge in [-0.15, -0.1) is 22.7 Å². The average Bonchev–Trinajstić information content (AvgIpc) is 3.23. The third kappa shape index (κ3) is 3.94. The predicted octanol–water partition coefficient (Wildman–Crippen LogP) is 4.98. The topological polar surface area (TPSA) is 52.3 Å². The zero-order valence-corrected chi connectivity index (χ0v) is 14.4. The molecule has 7 heteroatoms. The van der Waals surface area contributed by atoms with Crippen LogP contribution < -0.4 is 0 Å². The Morgan fingerprint density at radius 3 is 3.05 bits per heavy atom. The Morgan fingerprint density at radius 2 is 2.32 bits per heavy atom. The lowest BCUT2D eigenvalue weighted by Crippen LogP contribution is -2.00. The lowest BCUT2D eigenvalue weighted by Gasteiger charge is -1.96. The minimum atomic E-state index is -0.412. The third-order valence-corrected chi connectivity index (χ3v) is 5.14. The third-order valence-electron chi connectivity index (χ3n) is 2.66. The summed E-state index contributed by atoms with van der Waals surface area (Å²) < 4.78 is 11.4. The smallest absolute Gasteiger partial charge is 0.331 e. The Labute approximate surface area is 143 Å². The van der Waals surface area contributed by atoms with Crippen molar-refractivity contribution in [2.75, 3.05) is 0 Å². The van der Waals surface area contributed by atoms with Gasteiger partial charge in [0.05, 0.1) is 8.66 Å². The molecule has 0 fully saturated rings. The number of ether oxygens (including phenoxy) is 1. The summed E-state index contributed by atoms with van der Waals surface area (Å²) in [6, 6.07) is 9.51. The number of halogens is 1. The molecule has 112 valence electrons. The van der Waals surface area contributed by atoms with E-state index in [0.29, 0.717) is 11.5 Å². The maximum absolute atomic E-state index is 11.7. The molecule has 0 aliphatic heterocycles. The summed E-state index contributed by atoms with van der Waals surface area (Å²) in [4.78, 5) is 13.6. The SMILES string of the molecule is O=C(/C=C/c1ccc(Br)s1)OCc1cc(-c2cccs2)on1. The monoisotopic (exact) mass is 395 g/mol. The van der Waals surface area contributed by atoms with E-state index in [4.69, 9.17) is 9.26 Å². The first kappa shape index (κ1) is 15.2. The van der Waals surface area contributed by atoms with Crippen molar-refractivity contribution >= 4 is 50.6 Å². The molecule has 3 heterocycles. The highest BCUT2D eigenvalue weighted by molar-refractivity contribution is 9.11. The van der Waals surface area contributed by atoms with Crippen molar-refractivity contribution in [1.82, 2.24) is 5.16 Å². The number of rotatable bonds is 5. The van der Waals surface area contributed by atoms with Gasteiger partial charge in [0.2, 0.25) is 0 Å². The van der Waals surface area contributed by atoms with Gasteiger partial charge in [0, 0.05) is 17.0 Å². The molecular formula is C15H10BrNO3S2. The Kier molecular flexibility index (Phi) is 4.87. The molecule has 0 aliphatic carbocycles. The molecule has 0 saturated carbocycles. The quantitative estimate of drug-likeness (QED) is 0.451. The molecule has 0 bridgehead atoms. The van der Waals surface area contributed by atoms with Crippen LogP contribution in [0.25, 0.3) is 16.7 Å². The number of carbonyl (C=O) groups is 1. The molecule has 0 amide bonds. The number of aromatic nitrogens is 1. The summed E-state index contributed by atoms with van der Waals surface area (Å²) in [6.45, 7) is 0.0895. The Bertz CT molecular complexity index is 789. The first-order valence-corrected chi connectivity index (χ1v) is 8.79. The van der Waals surface area contributed by atoms with Gasteiger partial charge in [-0.05, 0) is 45.6 Å². The van der Waals surface area contributed by atoms with E-state index in [1.165, 1.54) is 6.08 Å². The van der Waals surface area contributed by atoms with Gasteiger partial charge in [-0.25, -0.2) is 4.79 Å². The molecule has 0 saturated heterocycles. The van der Waals surface area contributed by atoms with E-state index in [1.807, 2.05) is 29.6 Å². The second-order valence-corrected chi connectivity index (χ2v) is 7.69. The largest absolute Gasteiger partial charge is 0.456 e. The molecule has 0 spiro atoms. The number of hydrogen-bond donors (Lipinski definition) is 0. The van der Waals surface area contributed by atoms with E-state index in [0.717, 1.165) is 13.5 Å². The highest BCUT2D eigenvalue weighted by Crippen LogP contribution is 2.25. The molecule has 3 aromatic heterocycles. The fourth-order valence-corrected chi connectivity index (χ4v) is 3.68. The van der Waals surface area contributed by atoms with Crippen LogP contribution in [0.4, 0.5) is 0 Å². The van der Waals surface area contributed by atoms with Gasteiger partial charge in [0.1, 0.15) is 12.3 Å². The number of nitrogens with zero attached hydrogens (tertiary/aromatic N) is 1. The van der Waals surface area contributed by atoms with Gasteiger partial charge in [-0.3, -0.25) is 0 Å². The van der Waals surface area contributed by atoms with Crippen molar-refractivity contribution in [3.63, 3.8) is 0 Å². The van der Waals surface area contributed by atoms with Crippen LogP contribution in [-0.2, 0) is 16.1 Å². The minimum absolute atomic E-state index is 0.0895. The van der Waals surface area contributed by atoms with Gasteiger partial charge in [-0.2, -0.15) is 0 Å². The maximum atomic E-state index is 11.7. The highest BCUT2D eigenvalue weighted by Gasteiger charge is 2.09. The summed E-state index contributed by atoms with van der Waals surface area (Å²) >= 11 is 6.48. The van der Waals surface area contributed by atoms with Crippen molar-refractivity contribution in [2.24, 2.45) is 0 Å². The predicted molar refractivity (Wildman–Crippen MR) is 90.7 cm³/mol. The van der Waals surface area contributed by atoms with Crippen molar-refractivity contribution in [3.8, 4) is 10.6 Å². The number of esters is 1. The van der Waals surface area contributed by atoms with Crippen molar-refractivity contribution < 1.29 is 14.1 Å². The molecule has 3 rings (SSSR count). The van der Waals surface area contributed by atoms with Crippen LogP contribution in [0.5, 0.6) is 0 Å².